The fraction of sp³-hybridized carbons (Fsp3) is 0.423. The van der Waals surface area contributed by atoms with Gasteiger partial charge in [0.05, 0.1) is 18.2 Å². The van der Waals surface area contributed by atoms with Gasteiger partial charge >= 0.3 is 0 Å². The van der Waals surface area contributed by atoms with Gasteiger partial charge in [-0.25, -0.2) is 5.48 Å². The zero-order valence-electron chi connectivity index (χ0n) is 20.2. The summed E-state index contributed by atoms with van der Waals surface area (Å²) in [4.78, 5) is 40.2. The number of likely N-dealkylation sites (N-methyl/N-ethyl adjacent to an activating group) is 1. The highest BCUT2D eigenvalue weighted by Crippen LogP contribution is 2.29. The lowest BCUT2D eigenvalue weighted by molar-refractivity contribution is -0.132. The number of phenolic OH excluding ortho intramolecular Hbond substituents is 1. The second kappa shape index (κ2) is 13.3. The Labute approximate surface area is 201 Å². The van der Waals surface area contributed by atoms with Crippen molar-refractivity contribution in [3.63, 3.8) is 0 Å². The number of phenols is 1. The highest BCUT2D eigenvalue weighted by molar-refractivity contribution is 5.94. The largest absolute Gasteiger partial charge is 0.506 e. The number of hydroxylamine groups is 1. The maximum absolute atomic E-state index is 13.0. The summed E-state index contributed by atoms with van der Waals surface area (Å²) >= 11 is 0. The van der Waals surface area contributed by atoms with E-state index in [9.17, 15) is 19.5 Å². The first-order valence-electron chi connectivity index (χ1n) is 11.7. The number of benzene rings is 2. The van der Waals surface area contributed by atoms with Crippen molar-refractivity contribution in [1.82, 2.24) is 10.4 Å². The molecular weight excluding hydrogens is 434 g/mol. The summed E-state index contributed by atoms with van der Waals surface area (Å²) in [6, 6.07) is 14.3. The van der Waals surface area contributed by atoms with E-state index in [0.29, 0.717) is 31.6 Å². The van der Waals surface area contributed by atoms with Crippen LogP contribution in [0.3, 0.4) is 0 Å². The van der Waals surface area contributed by atoms with Crippen molar-refractivity contribution in [3.8, 4) is 5.75 Å². The number of carbonyl (C=O) groups is 3. The number of carbonyl (C=O) groups excluding carboxylic acids is 3. The van der Waals surface area contributed by atoms with Crippen molar-refractivity contribution < 1.29 is 24.7 Å². The topological polar surface area (TPSA) is 110 Å². The van der Waals surface area contributed by atoms with Crippen LogP contribution >= 0.6 is 0 Å². The van der Waals surface area contributed by atoms with Gasteiger partial charge in [0.2, 0.25) is 17.7 Å². The van der Waals surface area contributed by atoms with Gasteiger partial charge in [0.25, 0.3) is 0 Å². The Morgan fingerprint density at radius 3 is 2.15 bits per heavy atom. The Kier molecular flexibility index (Phi) is 10.5. The van der Waals surface area contributed by atoms with E-state index in [1.807, 2.05) is 45.0 Å². The predicted octanol–water partition coefficient (Wildman–Crippen LogP) is 3.96. The first-order chi connectivity index (χ1) is 16.3. The van der Waals surface area contributed by atoms with Crippen molar-refractivity contribution in [3.05, 3.63) is 59.7 Å². The maximum Gasteiger partial charge on any atom is 0.243 e. The van der Waals surface area contributed by atoms with Crippen molar-refractivity contribution in [2.75, 3.05) is 18.0 Å². The number of hydrogen-bond donors (Lipinski definition) is 3. The van der Waals surface area contributed by atoms with E-state index in [1.54, 1.807) is 28.6 Å². The second-order valence-electron chi connectivity index (χ2n) is 8.18. The maximum atomic E-state index is 13.0. The van der Waals surface area contributed by atoms with Crippen molar-refractivity contribution in [2.45, 2.75) is 58.9 Å². The molecule has 3 N–H and O–H groups in total. The molecule has 2 rings (SSSR count). The minimum Gasteiger partial charge on any atom is -0.506 e. The van der Waals surface area contributed by atoms with E-state index < -0.39 is 5.91 Å². The third-order valence-electron chi connectivity index (χ3n) is 5.91. The molecule has 0 aliphatic rings. The molecule has 3 amide bonds. The van der Waals surface area contributed by atoms with Crippen LogP contribution in [0.5, 0.6) is 5.75 Å². The molecule has 0 aliphatic carbocycles. The van der Waals surface area contributed by atoms with Crippen LogP contribution in [0.15, 0.2) is 48.5 Å². The predicted molar refractivity (Wildman–Crippen MR) is 130 cm³/mol. The van der Waals surface area contributed by atoms with Crippen LogP contribution in [0.2, 0.25) is 0 Å². The molecule has 0 saturated carbocycles. The summed E-state index contributed by atoms with van der Waals surface area (Å²) in [5, 5.41) is 18.9. The summed E-state index contributed by atoms with van der Waals surface area (Å²) in [6.07, 6.45) is 1.26. The minimum absolute atomic E-state index is 0.00516. The van der Waals surface area contributed by atoms with E-state index in [-0.39, 0.29) is 42.9 Å². The van der Waals surface area contributed by atoms with Crippen molar-refractivity contribution in [2.24, 2.45) is 0 Å². The van der Waals surface area contributed by atoms with E-state index in [0.717, 1.165) is 11.1 Å². The average molecular weight is 470 g/mol. The Morgan fingerprint density at radius 2 is 1.56 bits per heavy atom. The molecule has 2 aromatic carbocycles. The Hall–Kier alpha value is -3.39. The molecule has 1 unspecified atom stereocenters. The zero-order chi connectivity index (χ0) is 25.1. The molecule has 0 heterocycles. The smallest absolute Gasteiger partial charge is 0.243 e. The van der Waals surface area contributed by atoms with Gasteiger partial charge in [-0.2, -0.15) is 0 Å². The monoisotopic (exact) mass is 469 g/mol. The van der Waals surface area contributed by atoms with Crippen LogP contribution in [0, 0.1) is 0 Å². The molecule has 184 valence electrons. The van der Waals surface area contributed by atoms with Gasteiger partial charge in [0.15, 0.2) is 0 Å². The molecule has 8 heteroatoms. The molecule has 0 radical (unpaired) electrons. The Balaban J connectivity index is 2.15. The number of nitrogens with one attached hydrogen (secondary N) is 1. The minimum atomic E-state index is -0.487. The Morgan fingerprint density at radius 1 is 0.941 bits per heavy atom. The number of hydrogen-bond acceptors (Lipinski definition) is 5. The van der Waals surface area contributed by atoms with E-state index >= 15 is 0 Å². The lowest BCUT2D eigenvalue weighted by atomic mass is 9.98. The molecule has 8 nitrogen and oxygen atoms in total. The number of amides is 3. The molecule has 2 aromatic rings. The number of rotatable bonds is 12. The van der Waals surface area contributed by atoms with Gasteiger partial charge in [-0.05, 0) is 56.9 Å². The quantitative estimate of drug-likeness (QED) is 0.248. The molecule has 0 aliphatic heterocycles. The molecule has 1 atom stereocenters. The van der Waals surface area contributed by atoms with Gasteiger partial charge in [-0.15, -0.1) is 0 Å². The van der Waals surface area contributed by atoms with Crippen molar-refractivity contribution >= 4 is 23.4 Å². The van der Waals surface area contributed by atoms with Crippen molar-refractivity contribution in [1.29, 1.82) is 0 Å². The molecule has 0 fully saturated rings. The summed E-state index contributed by atoms with van der Waals surface area (Å²) in [6.45, 7) is 7.41. The summed E-state index contributed by atoms with van der Waals surface area (Å²) in [5.74, 6) is -0.843. The van der Waals surface area contributed by atoms with E-state index in [2.05, 4.69) is 0 Å². The van der Waals surface area contributed by atoms with Crippen LogP contribution in [-0.4, -0.2) is 46.0 Å². The normalized spacial score (nSPS) is 11.5. The average Bonchev–Trinajstić information content (AvgIpc) is 2.86. The molecule has 0 bridgehead atoms. The van der Waals surface area contributed by atoms with Gasteiger partial charge in [-0.1, -0.05) is 36.4 Å². The van der Waals surface area contributed by atoms with Gasteiger partial charge in [-0.3, -0.25) is 19.6 Å². The fourth-order valence-corrected chi connectivity index (χ4v) is 3.80. The van der Waals surface area contributed by atoms with Crippen LogP contribution in [0.1, 0.15) is 63.5 Å². The lowest BCUT2D eigenvalue weighted by Crippen LogP contribution is -2.33. The van der Waals surface area contributed by atoms with Gasteiger partial charge in [0, 0.05) is 25.9 Å². The SMILES string of the molecule is CCN(CC)C(=O)C(C)c1ccc(CN(C(=O)CCCCC(=O)NO)c2ccccc2O)cc1. The van der Waals surface area contributed by atoms with Crippen LogP contribution in [0.25, 0.3) is 0 Å². The number of unbranched alkanes of at least 4 members (excludes halogenated alkanes) is 1. The number of nitrogens with zero attached hydrogens (tertiary/aromatic N) is 2. The second-order valence-corrected chi connectivity index (χ2v) is 8.18. The third-order valence-corrected chi connectivity index (χ3v) is 5.91. The van der Waals surface area contributed by atoms with E-state index in [4.69, 9.17) is 5.21 Å². The van der Waals surface area contributed by atoms with Crippen LogP contribution in [0.4, 0.5) is 5.69 Å². The number of aromatic hydroxyl groups is 1. The molecule has 0 saturated heterocycles. The first kappa shape index (κ1) is 26.9. The zero-order valence-corrected chi connectivity index (χ0v) is 20.2. The van der Waals surface area contributed by atoms with Crippen LogP contribution in [-0.2, 0) is 20.9 Å². The third kappa shape index (κ3) is 7.31. The number of anilines is 1. The van der Waals surface area contributed by atoms with Gasteiger partial charge < -0.3 is 14.9 Å². The molecule has 34 heavy (non-hydrogen) atoms. The molecular formula is C26H35N3O5. The van der Waals surface area contributed by atoms with E-state index in [1.165, 1.54) is 11.0 Å². The summed E-state index contributed by atoms with van der Waals surface area (Å²) in [7, 11) is 0. The summed E-state index contributed by atoms with van der Waals surface area (Å²) in [5.41, 5.74) is 3.76. The van der Waals surface area contributed by atoms with Crippen LogP contribution < -0.4 is 10.4 Å². The highest BCUT2D eigenvalue weighted by atomic mass is 16.5. The fourth-order valence-electron chi connectivity index (χ4n) is 3.80. The molecule has 0 aromatic heterocycles. The summed E-state index contributed by atoms with van der Waals surface area (Å²) < 4.78 is 0. The molecule has 0 spiro atoms. The first-order valence-corrected chi connectivity index (χ1v) is 11.7. The lowest BCUT2D eigenvalue weighted by Gasteiger charge is -2.25. The highest BCUT2D eigenvalue weighted by Gasteiger charge is 2.21. The van der Waals surface area contributed by atoms with Gasteiger partial charge in [0.1, 0.15) is 5.75 Å². The Bertz CT molecular complexity index is 957. The standard InChI is InChI=1S/C26H35N3O5/c1-4-28(5-2)26(33)19(3)21-16-14-20(15-17-21)18-29(22-10-6-7-11-23(22)30)25(32)13-9-8-12-24(31)27-34/h6-7,10-11,14-17,19,30,34H,4-5,8-9,12-13,18H2,1-3H3,(H,27,31). The number of para-hydroxylation sites is 2.